The lowest BCUT2D eigenvalue weighted by Crippen LogP contribution is -2.12. The summed E-state index contributed by atoms with van der Waals surface area (Å²) in [6.45, 7) is 0. The van der Waals surface area contributed by atoms with E-state index in [0.717, 1.165) is 17.1 Å². The molecule has 0 aliphatic carbocycles. The third-order valence-corrected chi connectivity index (χ3v) is 9.86. The molecule has 1 nitrogen and oxygen atoms in total. The minimum absolute atomic E-state index is 1.11. The summed E-state index contributed by atoms with van der Waals surface area (Å²) in [7, 11) is 0. The molecule has 0 radical (unpaired) electrons. The fraction of sp³-hybridized carbons (Fsp3) is 0. The van der Waals surface area contributed by atoms with Gasteiger partial charge < -0.3 is 4.90 Å². The minimum atomic E-state index is 1.11. The summed E-state index contributed by atoms with van der Waals surface area (Å²) >= 11 is 0. The summed E-state index contributed by atoms with van der Waals surface area (Å²) in [4.78, 5) is 2.43. The molecular weight excluding hydrogens is 615 g/mol. The Morgan fingerprint density at radius 3 is 1.53 bits per heavy atom. The van der Waals surface area contributed by atoms with Gasteiger partial charge in [0.15, 0.2) is 0 Å². The third kappa shape index (κ3) is 5.86. The highest BCUT2D eigenvalue weighted by molar-refractivity contribution is 6.02. The maximum atomic E-state index is 2.43. The van der Waals surface area contributed by atoms with Crippen molar-refractivity contribution in [2.75, 3.05) is 4.90 Å². The first kappa shape index (κ1) is 30.4. The van der Waals surface area contributed by atoms with E-state index in [0.29, 0.717) is 0 Å². The number of rotatable bonds is 7. The number of para-hydroxylation sites is 1. The smallest absolute Gasteiger partial charge is 0.0540 e. The summed E-state index contributed by atoms with van der Waals surface area (Å²) in [5.41, 5.74) is 13.0. The van der Waals surface area contributed by atoms with Crippen LogP contribution in [0.15, 0.2) is 212 Å². The van der Waals surface area contributed by atoms with E-state index < -0.39 is 0 Å². The first-order chi connectivity index (χ1) is 25.3. The number of hydrogen-bond donors (Lipinski definition) is 0. The number of fused-ring (bicyclic) bond motifs is 2. The van der Waals surface area contributed by atoms with Crippen LogP contribution in [0.25, 0.3) is 66.1 Å². The second-order valence-corrected chi connectivity index (χ2v) is 13.0. The molecule has 9 rings (SSSR count). The molecule has 0 saturated carbocycles. The molecule has 0 atom stereocenters. The molecule has 0 aromatic heterocycles. The number of hydrogen-bond acceptors (Lipinski definition) is 1. The van der Waals surface area contributed by atoms with Crippen molar-refractivity contribution >= 4 is 38.6 Å². The summed E-state index contributed by atoms with van der Waals surface area (Å²) < 4.78 is 0. The van der Waals surface area contributed by atoms with Crippen LogP contribution in [-0.2, 0) is 0 Å². The highest BCUT2D eigenvalue weighted by Crippen LogP contribution is 2.45. The fourth-order valence-electron chi connectivity index (χ4n) is 7.37. The fourth-order valence-corrected chi connectivity index (χ4v) is 7.37. The van der Waals surface area contributed by atoms with Crippen molar-refractivity contribution in [3.8, 4) is 44.5 Å². The van der Waals surface area contributed by atoms with Gasteiger partial charge in [0, 0.05) is 16.6 Å². The van der Waals surface area contributed by atoms with Crippen LogP contribution in [-0.4, -0.2) is 0 Å². The van der Waals surface area contributed by atoms with Crippen LogP contribution in [0, 0.1) is 0 Å². The maximum Gasteiger partial charge on any atom is 0.0540 e. The van der Waals surface area contributed by atoms with Crippen molar-refractivity contribution in [3.05, 3.63) is 212 Å². The molecule has 9 aromatic rings. The van der Waals surface area contributed by atoms with Gasteiger partial charge >= 0.3 is 0 Å². The average Bonchev–Trinajstić information content (AvgIpc) is 3.21. The first-order valence-corrected chi connectivity index (χ1v) is 17.5. The molecule has 0 aliphatic heterocycles. The molecule has 0 saturated heterocycles. The lowest BCUT2D eigenvalue weighted by Gasteiger charge is -2.29. The van der Waals surface area contributed by atoms with E-state index >= 15 is 0 Å². The van der Waals surface area contributed by atoms with Crippen LogP contribution in [0.4, 0.5) is 17.1 Å². The molecule has 1 heteroatoms. The van der Waals surface area contributed by atoms with Gasteiger partial charge in [0.1, 0.15) is 0 Å². The first-order valence-electron chi connectivity index (χ1n) is 17.5. The lowest BCUT2D eigenvalue weighted by molar-refractivity contribution is 1.30. The van der Waals surface area contributed by atoms with E-state index in [1.807, 2.05) is 0 Å². The summed E-state index contributed by atoms with van der Waals surface area (Å²) in [5, 5.41) is 4.92. The SMILES string of the molecule is c1ccc(-c2ccc(-c3cccc(N(c4ccccc4-c4cccc(-c5cccc6ccccc56)c4)c4cccc5ccccc45)c3)cc2)cc1. The Kier molecular flexibility index (Phi) is 7.92. The van der Waals surface area contributed by atoms with Crippen molar-refractivity contribution in [1.29, 1.82) is 0 Å². The zero-order valence-electron chi connectivity index (χ0n) is 28.2. The topological polar surface area (TPSA) is 3.24 Å². The van der Waals surface area contributed by atoms with Crippen LogP contribution >= 0.6 is 0 Å². The van der Waals surface area contributed by atoms with Gasteiger partial charge in [-0.2, -0.15) is 0 Å². The van der Waals surface area contributed by atoms with Gasteiger partial charge in [0.2, 0.25) is 0 Å². The van der Waals surface area contributed by atoms with Crippen LogP contribution in [0.2, 0.25) is 0 Å². The van der Waals surface area contributed by atoms with E-state index in [-0.39, 0.29) is 0 Å². The Hall–Kier alpha value is -6.70. The monoisotopic (exact) mass is 649 g/mol. The molecule has 0 aliphatic rings. The number of nitrogens with zero attached hydrogens (tertiary/aromatic N) is 1. The molecule has 0 unspecified atom stereocenters. The minimum Gasteiger partial charge on any atom is -0.309 e. The second-order valence-electron chi connectivity index (χ2n) is 13.0. The van der Waals surface area contributed by atoms with Crippen molar-refractivity contribution < 1.29 is 0 Å². The molecule has 51 heavy (non-hydrogen) atoms. The van der Waals surface area contributed by atoms with Crippen molar-refractivity contribution in [2.24, 2.45) is 0 Å². The highest BCUT2D eigenvalue weighted by Gasteiger charge is 2.20. The average molecular weight is 650 g/mol. The largest absolute Gasteiger partial charge is 0.309 e. The van der Waals surface area contributed by atoms with Gasteiger partial charge in [-0.25, -0.2) is 0 Å². The van der Waals surface area contributed by atoms with Gasteiger partial charge in [0.05, 0.1) is 11.4 Å². The molecule has 0 bridgehead atoms. The summed E-state index contributed by atoms with van der Waals surface area (Å²) in [6, 6.07) is 76.7. The molecule has 0 spiro atoms. The Balaban J connectivity index is 1.20. The van der Waals surface area contributed by atoms with Crippen LogP contribution in [0.5, 0.6) is 0 Å². The predicted molar refractivity (Wildman–Crippen MR) is 218 cm³/mol. The van der Waals surface area contributed by atoms with Gasteiger partial charge in [-0.3, -0.25) is 0 Å². The van der Waals surface area contributed by atoms with Gasteiger partial charge in [-0.1, -0.05) is 182 Å². The van der Waals surface area contributed by atoms with Crippen molar-refractivity contribution in [3.63, 3.8) is 0 Å². The zero-order chi connectivity index (χ0) is 34.0. The van der Waals surface area contributed by atoms with E-state index in [4.69, 9.17) is 0 Å². The maximum absolute atomic E-state index is 2.43. The van der Waals surface area contributed by atoms with Gasteiger partial charge in [-0.05, 0) is 85.4 Å². The number of benzene rings is 9. The quantitative estimate of drug-likeness (QED) is 0.166. The van der Waals surface area contributed by atoms with Gasteiger partial charge in [-0.15, -0.1) is 0 Å². The van der Waals surface area contributed by atoms with Crippen LogP contribution in [0.3, 0.4) is 0 Å². The number of anilines is 3. The van der Waals surface area contributed by atoms with Crippen LogP contribution < -0.4 is 4.90 Å². The Morgan fingerprint density at radius 2 is 0.725 bits per heavy atom. The normalized spacial score (nSPS) is 11.1. The molecule has 0 heterocycles. The standard InChI is InChI=1S/C50H35N/c1-2-14-36(15-3-1)37-30-32-38(33-31-37)41-20-11-23-44(35-41)51(50-29-13-19-40-17-5-7-25-47(40)50)49-28-9-8-26-48(49)43-22-10-21-42(34-43)46-27-12-18-39-16-4-6-24-45(39)46/h1-35H. The predicted octanol–water partition coefficient (Wildman–Crippen LogP) is 14.1. The molecule has 0 fully saturated rings. The Labute approximate surface area is 299 Å². The van der Waals surface area contributed by atoms with Gasteiger partial charge in [0.25, 0.3) is 0 Å². The third-order valence-electron chi connectivity index (χ3n) is 9.86. The Morgan fingerprint density at radius 1 is 0.255 bits per heavy atom. The van der Waals surface area contributed by atoms with Crippen molar-refractivity contribution in [1.82, 2.24) is 0 Å². The molecule has 0 amide bonds. The molecule has 9 aromatic carbocycles. The zero-order valence-corrected chi connectivity index (χ0v) is 28.2. The van der Waals surface area contributed by atoms with E-state index in [2.05, 4.69) is 217 Å². The highest BCUT2D eigenvalue weighted by atomic mass is 15.1. The molecule has 0 N–H and O–H groups in total. The molecule has 240 valence electrons. The van der Waals surface area contributed by atoms with E-state index in [1.165, 1.54) is 66.1 Å². The van der Waals surface area contributed by atoms with E-state index in [1.54, 1.807) is 0 Å². The summed E-state index contributed by atoms with van der Waals surface area (Å²) in [5.74, 6) is 0. The van der Waals surface area contributed by atoms with Crippen LogP contribution in [0.1, 0.15) is 0 Å². The Bertz CT molecular complexity index is 2630. The lowest BCUT2D eigenvalue weighted by atomic mass is 9.94. The van der Waals surface area contributed by atoms with Crippen molar-refractivity contribution in [2.45, 2.75) is 0 Å². The summed E-state index contributed by atoms with van der Waals surface area (Å²) in [6.07, 6.45) is 0. The molecular formula is C50H35N. The van der Waals surface area contributed by atoms with E-state index in [9.17, 15) is 0 Å². The second kappa shape index (κ2) is 13.3.